The van der Waals surface area contributed by atoms with Gasteiger partial charge in [-0.3, -0.25) is 14.8 Å². The van der Waals surface area contributed by atoms with E-state index in [1.54, 1.807) is 60.9 Å². The number of ketones is 1. The van der Waals surface area contributed by atoms with Crippen molar-refractivity contribution in [1.82, 2.24) is 9.97 Å². The average molecular weight is 372 g/mol. The lowest BCUT2D eigenvalue weighted by molar-refractivity contribution is 0.103. The fraction of sp³-hybridized carbons (Fsp3) is 0. The van der Waals surface area contributed by atoms with Gasteiger partial charge >= 0.3 is 0 Å². The Kier molecular flexibility index (Phi) is 4.72. The highest BCUT2D eigenvalue weighted by Crippen LogP contribution is 2.31. The van der Waals surface area contributed by atoms with Crippen LogP contribution in [0.3, 0.4) is 0 Å². The van der Waals surface area contributed by atoms with Crippen molar-refractivity contribution in [1.29, 1.82) is 0 Å². The van der Waals surface area contributed by atoms with Crippen molar-refractivity contribution in [2.75, 3.05) is 0 Å². The number of carbonyl (C=O) groups is 1. The summed E-state index contributed by atoms with van der Waals surface area (Å²) in [6.07, 6.45) is 3.10. The molecule has 0 spiro atoms. The third kappa shape index (κ3) is 3.18. The number of halogens is 2. The molecule has 2 aromatic heterocycles. The van der Waals surface area contributed by atoms with Crippen LogP contribution >= 0.6 is 0 Å². The van der Waals surface area contributed by atoms with Gasteiger partial charge in [-0.1, -0.05) is 36.4 Å². The zero-order valence-electron chi connectivity index (χ0n) is 14.6. The summed E-state index contributed by atoms with van der Waals surface area (Å²) >= 11 is 0. The molecule has 28 heavy (non-hydrogen) atoms. The van der Waals surface area contributed by atoms with E-state index in [0.29, 0.717) is 22.5 Å². The van der Waals surface area contributed by atoms with Gasteiger partial charge in [-0.2, -0.15) is 0 Å². The summed E-state index contributed by atoms with van der Waals surface area (Å²) < 4.78 is 29.5. The minimum atomic E-state index is -0.752. The number of aromatic nitrogens is 2. The second-order valence-electron chi connectivity index (χ2n) is 6.08. The van der Waals surface area contributed by atoms with Crippen molar-refractivity contribution in [3.8, 4) is 22.5 Å². The van der Waals surface area contributed by atoms with Gasteiger partial charge in [0.05, 0.1) is 22.5 Å². The maximum atomic E-state index is 14.8. The highest BCUT2D eigenvalue weighted by Gasteiger charge is 2.25. The fourth-order valence-electron chi connectivity index (χ4n) is 3.11. The first-order valence-electron chi connectivity index (χ1n) is 8.61. The smallest absolute Gasteiger partial charge is 0.200 e. The van der Waals surface area contributed by atoms with E-state index in [1.807, 2.05) is 0 Å². The Morgan fingerprint density at radius 3 is 1.46 bits per heavy atom. The Morgan fingerprint density at radius 1 is 0.607 bits per heavy atom. The van der Waals surface area contributed by atoms with E-state index in [2.05, 4.69) is 9.97 Å². The monoisotopic (exact) mass is 372 g/mol. The summed E-state index contributed by atoms with van der Waals surface area (Å²) in [6.45, 7) is 0. The topological polar surface area (TPSA) is 42.9 Å². The summed E-state index contributed by atoms with van der Waals surface area (Å²) in [5.74, 6) is -2.22. The van der Waals surface area contributed by atoms with Crippen LogP contribution in [0.5, 0.6) is 0 Å². The van der Waals surface area contributed by atoms with Gasteiger partial charge in [-0.05, 0) is 36.4 Å². The van der Waals surface area contributed by atoms with Crippen LogP contribution in [0.1, 0.15) is 15.9 Å². The zero-order chi connectivity index (χ0) is 19.5. The van der Waals surface area contributed by atoms with Crippen molar-refractivity contribution < 1.29 is 13.6 Å². The molecule has 5 heteroatoms. The summed E-state index contributed by atoms with van der Waals surface area (Å²) in [7, 11) is 0. The third-order valence-corrected chi connectivity index (χ3v) is 4.36. The van der Waals surface area contributed by atoms with Crippen molar-refractivity contribution >= 4 is 5.78 Å². The first-order chi connectivity index (χ1) is 13.7. The number of pyridine rings is 2. The minimum Gasteiger partial charge on any atom is -0.288 e. The van der Waals surface area contributed by atoms with E-state index >= 15 is 0 Å². The molecule has 0 N–H and O–H groups in total. The van der Waals surface area contributed by atoms with E-state index in [-0.39, 0.29) is 11.1 Å². The van der Waals surface area contributed by atoms with Crippen LogP contribution in [0, 0.1) is 11.6 Å². The number of hydrogen-bond acceptors (Lipinski definition) is 3. The quantitative estimate of drug-likeness (QED) is 0.455. The maximum Gasteiger partial charge on any atom is 0.200 e. The SMILES string of the molecule is O=C(c1c(F)cccc1-c1ccccn1)c1c(F)cccc1-c1ccccn1. The molecule has 2 heterocycles. The van der Waals surface area contributed by atoms with Gasteiger partial charge in [0, 0.05) is 23.5 Å². The molecule has 0 amide bonds. The van der Waals surface area contributed by atoms with E-state index in [0.717, 1.165) is 0 Å². The molecule has 0 bridgehead atoms. The lowest BCUT2D eigenvalue weighted by Crippen LogP contribution is -2.11. The summed E-state index contributed by atoms with van der Waals surface area (Å²) in [4.78, 5) is 21.8. The molecule has 0 saturated carbocycles. The molecule has 3 nitrogen and oxygen atoms in total. The molecule has 4 aromatic rings. The summed E-state index contributed by atoms with van der Waals surface area (Å²) in [5, 5.41) is 0. The number of benzene rings is 2. The molecule has 0 saturated heterocycles. The highest BCUT2D eigenvalue weighted by molar-refractivity contribution is 6.16. The van der Waals surface area contributed by atoms with Crippen LogP contribution in [0.4, 0.5) is 8.78 Å². The summed E-state index contributed by atoms with van der Waals surface area (Å²) in [5.41, 5.74) is 1.04. The zero-order valence-corrected chi connectivity index (χ0v) is 14.6. The van der Waals surface area contributed by atoms with Crippen molar-refractivity contribution in [2.24, 2.45) is 0 Å². The molecule has 0 atom stereocenters. The van der Waals surface area contributed by atoms with Crippen LogP contribution in [0.15, 0.2) is 85.2 Å². The maximum absolute atomic E-state index is 14.8. The van der Waals surface area contributed by atoms with Gasteiger partial charge in [0.1, 0.15) is 11.6 Å². The van der Waals surface area contributed by atoms with Crippen LogP contribution in [-0.2, 0) is 0 Å². The van der Waals surface area contributed by atoms with E-state index in [4.69, 9.17) is 0 Å². The van der Waals surface area contributed by atoms with Gasteiger partial charge < -0.3 is 0 Å². The van der Waals surface area contributed by atoms with Gasteiger partial charge in [0.25, 0.3) is 0 Å². The minimum absolute atomic E-state index is 0.219. The van der Waals surface area contributed by atoms with Gasteiger partial charge in [-0.15, -0.1) is 0 Å². The third-order valence-electron chi connectivity index (χ3n) is 4.36. The lowest BCUT2D eigenvalue weighted by atomic mass is 9.91. The Hall–Kier alpha value is -3.73. The predicted molar refractivity (Wildman–Crippen MR) is 103 cm³/mol. The fourth-order valence-corrected chi connectivity index (χ4v) is 3.11. The van der Waals surface area contributed by atoms with Crippen LogP contribution in [0.25, 0.3) is 22.5 Å². The standard InChI is InChI=1S/C23H14F2N2O/c24-17-9-5-7-15(19-11-1-3-13-26-19)21(17)23(28)22-16(8-6-10-18(22)25)20-12-2-4-14-27-20/h1-14H. The molecular weight excluding hydrogens is 358 g/mol. The van der Waals surface area contributed by atoms with E-state index < -0.39 is 17.4 Å². The predicted octanol–water partition coefficient (Wildman–Crippen LogP) is 5.32. The second-order valence-corrected chi connectivity index (χ2v) is 6.08. The Balaban J connectivity index is 1.94. The number of carbonyl (C=O) groups excluding carboxylic acids is 1. The number of hydrogen-bond donors (Lipinski definition) is 0. The first-order valence-corrected chi connectivity index (χ1v) is 8.61. The Morgan fingerprint density at radius 2 is 1.07 bits per heavy atom. The molecule has 0 fully saturated rings. The van der Waals surface area contributed by atoms with Crippen LogP contribution in [0.2, 0.25) is 0 Å². The van der Waals surface area contributed by atoms with Gasteiger partial charge in [-0.25, -0.2) is 8.78 Å². The van der Waals surface area contributed by atoms with E-state index in [1.165, 1.54) is 24.3 Å². The number of nitrogens with zero attached hydrogens (tertiary/aromatic N) is 2. The molecule has 0 unspecified atom stereocenters. The molecule has 4 rings (SSSR count). The van der Waals surface area contributed by atoms with Crippen LogP contribution in [-0.4, -0.2) is 15.8 Å². The second kappa shape index (κ2) is 7.48. The van der Waals surface area contributed by atoms with Crippen molar-refractivity contribution in [2.45, 2.75) is 0 Å². The first kappa shape index (κ1) is 17.7. The molecule has 0 aliphatic rings. The van der Waals surface area contributed by atoms with E-state index in [9.17, 15) is 13.6 Å². The molecular formula is C23H14F2N2O. The molecule has 136 valence electrons. The van der Waals surface area contributed by atoms with Gasteiger partial charge in [0.15, 0.2) is 5.78 Å². The molecule has 0 aliphatic heterocycles. The molecule has 0 aliphatic carbocycles. The van der Waals surface area contributed by atoms with Gasteiger partial charge in [0.2, 0.25) is 0 Å². The Labute approximate surface area is 160 Å². The van der Waals surface area contributed by atoms with Crippen molar-refractivity contribution in [3.63, 3.8) is 0 Å². The Bertz CT molecular complexity index is 1050. The largest absolute Gasteiger partial charge is 0.288 e. The molecule has 0 radical (unpaired) electrons. The van der Waals surface area contributed by atoms with Crippen molar-refractivity contribution in [3.05, 3.63) is 108 Å². The highest BCUT2D eigenvalue weighted by atomic mass is 19.1. The number of rotatable bonds is 4. The normalized spacial score (nSPS) is 10.6. The average Bonchev–Trinajstić information content (AvgIpc) is 2.74. The molecule has 2 aromatic carbocycles. The summed E-state index contributed by atoms with van der Waals surface area (Å²) in [6, 6.07) is 18.8. The lowest BCUT2D eigenvalue weighted by Gasteiger charge is -2.13. The van der Waals surface area contributed by atoms with Crippen LogP contribution < -0.4 is 0 Å².